The maximum atomic E-state index is 11.5. The molecule has 3 N–H and O–H groups in total. The fourth-order valence-electron chi connectivity index (χ4n) is 2.52. The molecule has 2 aromatic heterocycles. The van der Waals surface area contributed by atoms with Gasteiger partial charge in [-0.1, -0.05) is 13.8 Å². The Morgan fingerprint density at radius 1 is 1.36 bits per heavy atom. The number of rotatable bonds is 8. The fourth-order valence-corrected chi connectivity index (χ4v) is 2.52. The third kappa shape index (κ3) is 3.33. The average molecular weight is 302 g/mol. The zero-order valence-electron chi connectivity index (χ0n) is 13.0. The van der Waals surface area contributed by atoms with Crippen molar-refractivity contribution in [2.75, 3.05) is 6.54 Å². The molecule has 0 spiro atoms. The molecule has 2 heterocycles. The van der Waals surface area contributed by atoms with E-state index in [1.165, 1.54) is 0 Å². The van der Waals surface area contributed by atoms with E-state index < -0.39 is 11.4 Å². The van der Waals surface area contributed by atoms with Crippen molar-refractivity contribution >= 4 is 5.97 Å². The smallest absolute Gasteiger partial charge is 0.310 e. The summed E-state index contributed by atoms with van der Waals surface area (Å²) in [5, 5.41) is 19.8. The first-order valence-corrected chi connectivity index (χ1v) is 7.49. The number of pyridine rings is 1. The second-order valence-corrected chi connectivity index (χ2v) is 5.41. The van der Waals surface area contributed by atoms with Crippen LogP contribution in [0.3, 0.4) is 0 Å². The van der Waals surface area contributed by atoms with E-state index in [1.807, 2.05) is 26.0 Å². The van der Waals surface area contributed by atoms with Crippen LogP contribution < -0.4 is 5.32 Å². The van der Waals surface area contributed by atoms with E-state index in [9.17, 15) is 9.90 Å². The van der Waals surface area contributed by atoms with Crippen LogP contribution in [-0.2, 0) is 11.3 Å². The first-order valence-electron chi connectivity index (χ1n) is 7.49. The normalized spacial score (nSPS) is 11.5. The van der Waals surface area contributed by atoms with Gasteiger partial charge in [-0.05, 0) is 25.0 Å². The molecule has 0 atom stereocenters. The van der Waals surface area contributed by atoms with E-state index in [1.54, 1.807) is 18.6 Å². The molecule has 2 aromatic rings. The second kappa shape index (κ2) is 7.17. The van der Waals surface area contributed by atoms with E-state index in [2.05, 4.69) is 20.5 Å². The minimum atomic E-state index is -0.746. The zero-order valence-corrected chi connectivity index (χ0v) is 13.0. The van der Waals surface area contributed by atoms with Crippen LogP contribution in [0.4, 0.5) is 0 Å². The fraction of sp³-hybridized carbons (Fsp3) is 0.438. The highest BCUT2D eigenvalue weighted by Crippen LogP contribution is 2.26. The SMILES string of the molecule is CCC(CC)(CNCc1cn[nH]c1-c1cccnc1)C(=O)O. The third-order valence-corrected chi connectivity index (χ3v) is 4.25. The molecule has 0 saturated heterocycles. The van der Waals surface area contributed by atoms with Crippen molar-refractivity contribution in [1.82, 2.24) is 20.5 Å². The van der Waals surface area contributed by atoms with Crippen LogP contribution in [-0.4, -0.2) is 32.8 Å². The van der Waals surface area contributed by atoms with Gasteiger partial charge < -0.3 is 10.4 Å². The van der Waals surface area contributed by atoms with E-state index >= 15 is 0 Å². The van der Waals surface area contributed by atoms with Crippen molar-refractivity contribution in [2.45, 2.75) is 33.2 Å². The van der Waals surface area contributed by atoms with Gasteiger partial charge in [0.25, 0.3) is 0 Å². The zero-order chi connectivity index (χ0) is 16.0. The Morgan fingerprint density at radius 3 is 2.73 bits per heavy atom. The van der Waals surface area contributed by atoms with E-state index in [-0.39, 0.29) is 0 Å². The molecule has 0 aromatic carbocycles. The molecule has 0 fully saturated rings. The molecule has 6 nitrogen and oxygen atoms in total. The maximum absolute atomic E-state index is 11.5. The predicted molar refractivity (Wildman–Crippen MR) is 84.2 cm³/mol. The van der Waals surface area contributed by atoms with Gasteiger partial charge in [0.05, 0.1) is 17.3 Å². The molecule has 0 radical (unpaired) electrons. The lowest BCUT2D eigenvalue weighted by Gasteiger charge is -2.27. The largest absolute Gasteiger partial charge is 0.481 e. The molecule has 0 bridgehead atoms. The van der Waals surface area contributed by atoms with Crippen LogP contribution in [0.1, 0.15) is 32.3 Å². The van der Waals surface area contributed by atoms with Crippen LogP contribution in [0.25, 0.3) is 11.3 Å². The summed E-state index contributed by atoms with van der Waals surface area (Å²) in [6, 6.07) is 3.83. The molecule has 118 valence electrons. The van der Waals surface area contributed by atoms with E-state index in [0.717, 1.165) is 16.8 Å². The summed E-state index contributed by atoms with van der Waals surface area (Å²) in [6.07, 6.45) is 6.47. The van der Waals surface area contributed by atoms with Gasteiger partial charge in [0.1, 0.15) is 0 Å². The molecule has 6 heteroatoms. The Morgan fingerprint density at radius 2 is 2.14 bits per heavy atom. The molecular formula is C16H22N4O2. The molecule has 0 amide bonds. The quantitative estimate of drug-likeness (QED) is 0.697. The lowest BCUT2D eigenvalue weighted by molar-refractivity contribution is -0.149. The molecule has 0 aliphatic carbocycles. The summed E-state index contributed by atoms with van der Waals surface area (Å²) < 4.78 is 0. The molecule has 0 aliphatic heterocycles. The van der Waals surface area contributed by atoms with Crippen LogP contribution in [0, 0.1) is 5.41 Å². The Labute approximate surface area is 130 Å². The first-order chi connectivity index (χ1) is 10.6. The van der Waals surface area contributed by atoms with Crippen LogP contribution in [0.15, 0.2) is 30.7 Å². The second-order valence-electron chi connectivity index (χ2n) is 5.41. The highest BCUT2D eigenvalue weighted by Gasteiger charge is 2.34. The van der Waals surface area contributed by atoms with Crippen molar-refractivity contribution in [1.29, 1.82) is 0 Å². The number of aromatic amines is 1. The van der Waals surface area contributed by atoms with Gasteiger partial charge in [0, 0.05) is 36.6 Å². The number of nitrogens with one attached hydrogen (secondary N) is 2. The number of aliphatic carboxylic acids is 1. The summed E-state index contributed by atoms with van der Waals surface area (Å²) in [4.78, 5) is 15.6. The Kier molecular flexibility index (Phi) is 5.27. The van der Waals surface area contributed by atoms with Gasteiger partial charge in [-0.15, -0.1) is 0 Å². The molecule has 22 heavy (non-hydrogen) atoms. The van der Waals surface area contributed by atoms with Crippen LogP contribution >= 0.6 is 0 Å². The number of hydrogen-bond acceptors (Lipinski definition) is 4. The standard InChI is InChI=1S/C16H22N4O2/c1-3-16(4-2,15(21)22)11-18-9-13-10-19-20-14(13)12-6-5-7-17-8-12/h5-8,10,18H,3-4,9,11H2,1-2H3,(H,19,20)(H,21,22). The van der Waals surface area contributed by atoms with Crippen molar-refractivity contribution in [3.05, 3.63) is 36.3 Å². The monoisotopic (exact) mass is 302 g/mol. The van der Waals surface area contributed by atoms with Crippen LogP contribution in [0.2, 0.25) is 0 Å². The number of hydrogen-bond donors (Lipinski definition) is 3. The third-order valence-electron chi connectivity index (χ3n) is 4.25. The summed E-state index contributed by atoms with van der Waals surface area (Å²) in [5.74, 6) is -0.746. The van der Waals surface area contributed by atoms with Crippen molar-refractivity contribution in [2.24, 2.45) is 5.41 Å². The highest BCUT2D eigenvalue weighted by molar-refractivity contribution is 5.74. The molecule has 0 saturated carbocycles. The van der Waals surface area contributed by atoms with E-state index in [0.29, 0.717) is 25.9 Å². The van der Waals surface area contributed by atoms with Gasteiger partial charge >= 0.3 is 5.97 Å². The van der Waals surface area contributed by atoms with Gasteiger partial charge in [-0.25, -0.2) is 0 Å². The minimum absolute atomic E-state index is 0.437. The molecule has 0 aliphatic rings. The number of carboxylic acids is 1. The van der Waals surface area contributed by atoms with Crippen molar-refractivity contribution < 1.29 is 9.90 Å². The summed E-state index contributed by atoms with van der Waals surface area (Å²) in [6.45, 7) is 4.83. The molecular weight excluding hydrogens is 280 g/mol. The lowest BCUT2D eigenvalue weighted by Crippen LogP contribution is -2.40. The van der Waals surface area contributed by atoms with Gasteiger partial charge in [0.2, 0.25) is 0 Å². The Bertz CT molecular complexity index is 606. The van der Waals surface area contributed by atoms with Gasteiger partial charge in [-0.3, -0.25) is 14.9 Å². The highest BCUT2D eigenvalue weighted by atomic mass is 16.4. The van der Waals surface area contributed by atoms with Crippen LogP contribution in [0.5, 0.6) is 0 Å². The topological polar surface area (TPSA) is 90.9 Å². The predicted octanol–water partition coefficient (Wildman–Crippen LogP) is 2.45. The van der Waals surface area contributed by atoms with Gasteiger partial charge in [0.15, 0.2) is 0 Å². The number of carboxylic acid groups (broad SMARTS) is 1. The van der Waals surface area contributed by atoms with Crippen molar-refractivity contribution in [3.63, 3.8) is 0 Å². The summed E-state index contributed by atoms with van der Waals surface area (Å²) >= 11 is 0. The first kappa shape index (κ1) is 16.2. The van der Waals surface area contributed by atoms with Gasteiger partial charge in [-0.2, -0.15) is 5.10 Å². The lowest BCUT2D eigenvalue weighted by atomic mass is 9.82. The number of aromatic nitrogens is 3. The summed E-state index contributed by atoms with van der Waals surface area (Å²) in [5.41, 5.74) is 2.17. The molecule has 2 rings (SSSR count). The minimum Gasteiger partial charge on any atom is -0.481 e. The van der Waals surface area contributed by atoms with E-state index in [4.69, 9.17) is 0 Å². The average Bonchev–Trinajstić information content (AvgIpc) is 3.01. The maximum Gasteiger partial charge on any atom is 0.310 e. The summed E-state index contributed by atoms with van der Waals surface area (Å²) in [7, 11) is 0. The number of H-pyrrole nitrogens is 1. The Hall–Kier alpha value is -2.21. The van der Waals surface area contributed by atoms with Crippen molar-refractivity contribution in [3.8, 4) is 11.3 Å². The molecule has 0 unspecified atom stereocenters. The Balaban J connectivity index is 2.04. The number of nitrogens with zero attached hydrogens (tertiary/aromatic N) is 2. The number of carbonyl (C=O) groups is 1.